The highest BCUT2D eigenvalue weighted by molar-refractivity contribution is 5.92. The number of nitrogens with one attached hydrogen (secondary N) is 1. The van der Waals surface area contributed by atoms with Gasteiger partial charge in [-0.15, -0.1) is 0 Å². The van der Waals surface area contributed by atoms with Gasteiger partial charge in [0.15, 0.2) is 5.76 Å². The summed E-state index contributed by atoms with van der Waals surface area (Å²) in [5, 5.41) is 3.02. The van der Waals surface area contributed by atoms with E-state index in [0.29, 0.717) is 37.1 Å². The van der Waals surface area contributed by atoms with Crippen LogP contribution < -0.4 is 5.32 Å². The molecule has 6 nitrogen and oxygen atoms in total. The number of carbonyl (C=O) groups excluding carboxylic acids is 2. The SMILES string of the molecule is COCc1ccc(C(=O)N2CCCC(C(=O)NCC3CC3)C2)o1. The minimum absolute atomic E-state index is 0.0777. The Balaban J connectivity index is 1.55. The molecule has 2 amide bonds. The fourth-order valence-corrected chi connectivity index (χ4v) is 2.96. The number of methoxy groups -OCH3 is 1. The van der Waals surface area contributed by atoms with Gasteiger partial charge in [0.05, 0.1) is 5.92 Å². The van der Waals surface area contributed by atoms with Gasteiger partial charge >= 0.3 is 0 Å². The van der Waals surface area contributed by atoms with Gasteiger partial charge in [-0.2, -0.15) is 0 Å². The lowest BCUT2D eigenvalue weighted by atomic mass is 9.97. The lowest BCUT2D eigenvalue weighted by Gasteiger charge is -2.31. The molecule has 0 radical (unpaired) electrons. The van der Waals surface area contributed by atoms with Gasteiger partial charge in [-0.25, -0.2) is 0 Å². The number of ether oxygens (including phenoxy) is 1. The van der Waals surface area contributed by atoms with E-state index in [0.717, 1.165) is 19.4 Å². The van der Waals surface area contributed by atoms with E-state index >= 15 is 0 Å². The first-order valence-electron chi connectivity index (χ1n) is 8.32. The van der Waals surface area contributed by atoms with Gasteiger partial charge in [0.1, 0.15) is 12.4 Å². The van der Waals surface area contributed by atoms with Crippen LogP contribution >= 0.6 is 0 Å². The van der Waals surface area contributed by atoms with Gasteiger partial charge in [-0.3, -0.25) is 9.59 Å². The van der Waals surface area contributed by atoms with Crippen LogP contribution in [0.5, 0.6) is 0 Å². The number of rotatable bonds is 6. The Bertz CT molecular complexity index is 565. The van der Waals surface area contributed by atoms with Crippen molar-refractivity contribution in [2.75, 3.05) is 26.7 Å². The van der Waals surface area contributed by atoms with Crippen molar-refractivity contribution < 1.29 is 18.7 Å². The number of hydrogen-bond donors (Lipinski definition) is 1. The smallest absolute Gasteiger partial charge is 0.289 e. The molecule has 126 valence electrons. The Morgan fingerprint density at radius 1 is 1.35 bits per heavy atom. The Kier molecular flexibility index (Phi) is 5.00. The predicted octanol–water partition coefficient (Wildman–Crippen LogP) is 1.80. The Morgan fingerprint density at radius 2 is 2.17 bits per heavy atom. The van der Waals surface area contributed by atoms with Crippen LogP contribution in [0.15, 0.2) is 16.5 Å². The summed E-state index contributed by atoms with van der Waals surface area (Å²) in [7, 11) is 1.58. The van der Waals surface area contributed by atoms with E-state index in [9.17, 15) is 9.59 Å². The van der Waals surface area contributed by atoms with Crippen molar-refractivity contribution in [2.45, 2.75) is 32.3 Å². The summed E-state index contributed by atoms with van der Waals surface area (Å²) in [6.07, 6.45) is 4.13. The maximum Gasteiger partial charge on any atom is 0.289 e. The summed E-state index contributed by atoms with van der Waals surface area (Å²) in [6.45, 7) is 2.27. The molecule has 1 unspecified atom stereocenters. The van der Waals surface area contributed by atoms with Crippen molar-refractivity contribution in [2.24, 2.45) is 11.8 Å². The first-order valence-corrected chi connectivity index (χ1v) is 8.32. The summed E-state index contributed by atoms with van der Waals surface area (Å²) in [6, 6.07) is 3.42. The van der Waals surface area contributed by atoms with Crippen LogP contribution in [0.1, 0.15) is 42.0 Å². The summed E-state index contributed by atoms with van der Waals surface area (Å²) in [5.74, 6) is 1.44. The van der Waals surface area contributed by atoms with Crippen LogP contribution in [0, 0.1) is 11.8 Å². The number of likely N-dealkylation sites (tertiary alicyclic amines) is 1. The van der Waals surface area contributed by atoms with Crippen molar-refractivity contribution in [3.63, 3.8) is 0 Å². The largest absolute Gasteiger partial charge is 0.453 e. The fraction of sp³-hybridized carbons (Fsp3) is 0.647. The number of furan rings is 1. The second kappa shape index (κ2) is 7.17. The highest BCUT2D eigenvalue weighted by Gasteiger charge is 2.31. The molecule has 0 aromatic carbocycles. The molecular weight excluding hydrogens is 296 g/mol. The highest BCUT2D eigenvalue weighted by atomic mass is 16.5. The zero-order chi connectivity index (χ0) is 16.2. The standard InChI is InChI=1S/C17H24N2O4/c1-22-11-14-6-7-15(23-14)17(21)19-8-2-3-13(10-19)16(20)18-9-12-4-5-12/h6-7,12-13H,2-5,8-11H2,1H3,(H,18,20). The average Bonchev–Trinajstić information content (AvgIpc) is 3.29. The number of carbonyl (C=O) groups is 2. The molecule has 2 heterocycles. The number of amides is 2. The first-order chi connectivity index (χ1) is 11.2. The monoisotopic (exact) mass is 320 g/mol. The van der Waals surface area contributed by atoms with Crippen LogP contribution in [-0.4, -0.2) is 43.5 Å². The lowest BCUT2D eigenvalue weighted by molar-refractivity contribution is -0.126. The first kappa shape index (κ1) is 16.1. The summed E-state index contributed by atoms with van der Waals surface area (Å²) < 4.78 is 10.5. The molecule has 1 saturated heterocycles. The molecule has 2 aliphatic rings. The molecular formula is C17H24N2O4. The van der Waals surface area contributed by atoms with E-state index in [1.54, 1.807) is 24.1 Å². The molecule has 1 atom stereocenters. The third kappa shape index (κ3) is 4.13. The molecule has 0 spiro atoms. The van der Waals surface area contributed by atoms with Crippen LogP contribution in [0.4, 0.5) is 0 Å². The lowest BCUT2D eigenvalue weighted by Crippen LogP contribution is -2.45. The molecule has 6 heteroatoms. The molecule has 0 bridgehead atoms. The van der Waals surface area contributed by atoms with Crippen LogP contribution in [0.2, 0.25) is 0 Å². The summed E-state index contributed by atoms with van der Waals surface area (Å²) >= 11 is 0. The minimum atomic E-state index is -0.146. The Morgan fingerprint density at radius 3 is 2.91 bits per heavy atom. The van der Waals surface area contributed by atoms with Gasteiger partial charge in [-0.05, 0) is 43.7 Å². The molecule has 3 rings (SSSR count). The van der Waals surface area contributed by atoms with Crippen molar-refractivity contribution in [3.05, 3.63) is 23.7 Å². The zero-order valence-electron chi connectivity index (χ0n) is 13.5. The fourth-order valence-electron chi connectivity index (χ4n) is 2.96. The molecule has 1 aromatic rings. The molecule has 23 heavy (non-hydrogen) atoms. The van der Waals surface area contributed by atoms with E-state index in [1.807, 2.05) is 0 Å². The minimum Gasteiger partial charge on any atom is -0.453 e. The van der Waals surface area contributed by atoms with Crippen molar-refractivity contribution >= 4 is 11.8 Å². The van der Waals surface area contributed by atoms with Gasteiger partial charge in [0.2, 0.25) is 5.91 Å². The summed E-state index contributed by atoms with van der Waals surface area (Å²) in [5.41, 5.74) is 0. The summed E-state index contributed by atoms with van der Waals surface area (Å²) in [4.78, 5) is 26.5. The third-order valence-corrected chi connectivity index (χ3v) is 4.50. The maximum atomic E-state index is 12.5. The van der Waals surface area contributed by atoms with Gasteiger partial charge in [-0.1, -0.05) is 0 Å². The van der Waals surface area contributed by atoms with Gasteiger partial charge in [0.25, 0.3) is 5.91 Å². The predicted molar refractivity (Wildman–Crippen MR) is 83.8 cm³/mol. The van der Waals surface area contributed by atoms with E-state index in [2.05, 4.69) is 5.32 Å². The maximum absolute atomic E-state index is 12.5. The third-order valence-electron chi connectivity index (χ3n) is 4.50. The second-order valence-corrected chi connectivity index (χ2v) is 6.48. The van der Waals surface area contributed by atoms with E-state index < -0.39 is 0 Å². The molecule has 2 fully saturated rings. The van der Waals surface area contributed by atoms with Crippen molar-refractivity contribution in [3.8, 4) is 0 Å². The quantitative estimate of drug-likeness (QED) is 0.867. The molecule has 1 saturated carbocycles. The number of nitrogens with zero attached hydrogens (tertiary/aromatic N) is 1. The highest BCUT2D eigenvalue weighted by Crippen LogP contribution is 2.28. The van der Waals surface area contributed by atoms with Crippen molar-refractivity contribution in [1.29, 1.82) is 0 Å². The normalized spacial score (nSPS) is 21.3. The van der Waals surface area contributed by atoms with Crippen LogP contribution in [-0.2, 0) is 16.1 Å². The second-order valence-electron chi connectivity index (χ2n) is 6.48. The Labute approximate surface area is 136 Å². The van der Waals surface area contributed by atoms with Crippen LogP contribution in [0.3, 0.4) is 0 Å². The molecule has 1 aliphatic heterocycles. The average molecular weight is 320 g/mol. The topological polar surface area (TPSA) is 71.8 Å². The van der Waals surface area contributed by atoms with Crippen molar-refractivity contribution in [1.82, 2.24) is 10.2 Å². The van der Waals surface area contributed by atoms with E-state index in [4.69, 9.17) is 9.15 Å². The Hall–Kier alpha value is -1.82. The molecule has 1 N–H and O–H groups in total. The van der Waals surface area contributed by atoms with Crippen LogP contribution in [0.25, 0.3) is 0 Å². The van der Waals surface area contributed by atoms with Gasteiger partial charge < -0.3 is 19.4 Å². The van der Waals surface area contributed by atoms with Gasteiger partial charge in [0, 0.05) is 26.7 Å². The van der Waals surface area contributed by atoms with E-state index in [-0.39, 0.29) is 17.7 Å². The number of piperidine rings is 1. The molecule has 1 aromatic heterocycles. The number of hydrogen-bond acceptors (Lipinski definition) is 4. The molecule has 1 aliphatic carbocycles. The zero-order valence-corrected chi connectivity index (χ0v) is 13.5. The van der Waals surface area contributed by atoms with E-state index in [1.165, 1.54) is 12.8 Å².